The highest BCUT2D eigenvalue weighted by molar-refractivity contribution is 6.05. The third kappa shape index (κ3) is 4.89. The molecule has 1 N–H and O–H groups in total. The minimum atomic E-state index is -0.533. The molecule has 0 aromatic heterocycles. The molecule has 2 heterocycles. The Balaban J connectivity index is 0.00000261. The molecular formula is C21H29ClN2O3. The van der Waals surface area contributed by atoms with Crippen molar-refractivity contribution in [1.29, 1.82) is 0 Å². The number of rotatable bonds is 8. The molecule has 0 spiro atoms. The molecule has 1 aromatic carbocycles. The van der Waals surface area contributed by atoms with Crippen molar-refractivity contribution >= 4 is 30.1 Å². The number of halogens is 1. The number of hydrogen-bond acceptors (Lipinski definition) is 3. The number of piperidine rings is 1. The van der Waals surface area contributed by atoms with Crippen LogP contribution < -0.4 is 5.32 Å². The van der Waals surface area contributed by atoms with Crippen molar-refractivity contribution in [2.24, 2.45) is 0 Å². The Morgan fingerprint density at radius 1 is 1.07 bits per heavy atom. The van der Waals surface area contributed by atoms with Gasteiger partial charge >= 0.3 is 0 Å². The molecular weight excluding hydrogens is 364 g/mol. The second-order valence-electron chi connectivity index (χ2n) is 7.36. The van der Waals surface area contributed by atoms with Gasteiger partial charge in [-0.15, -0.1) is 12.4 Å². The largest absolute Gasteiger partial charge is 0.322 e. The summed E-state index contributed by atoms with van der Waals surface area (Å²) in [5.74, 6) is -0.682. The summed E-state index contributed by atoms with van der Waals surface area (Å²) in [4.78, 5) is 37.9. The van der Waals surface area contributed by atoms with E-state index in [0.29, 0.717) is 19.4 Å². The minimum Gasteiger partial charge on any atom is -0.322 e. The fourth-order valence-corrected chi connectivity index (χ4v) is 3.98. The first-order valence-electron chi connectivity index (χ1n) is 9.87. The lowest BCUT2D eigenvalue weighted by Gasteiger charge is -2.29. The summed E-state index contributed by atoms with van der Waals surface area (Å²) in [7, 11) is 0. The number of fused-ring (bicyclic) bond motifs is 1. The molecule has 5 nitrogen and oxygen atoms in total. The van der Waals surface area contributed by atoms with E-state index in [2.05, 4.69) is 18.3 Å². The van der Waals surface area contributed by atoms with Gasteiger partial charge in [-0.05, 0) is 36.5 Å². The van der Waals surface area contributed by atoms with E-state index in [1.165, 1.54) is 37.7 Å². The molecule has 1 atom stereocenters. The van der Waals surface area contributed by atoms with Gasteiger partial charge in [0.1, 0.15) is 6.04 Å². The summed E-state index contributed by atoms with van der Waals surface area (Å²) in [6.45, 7) is 2.70. The average molecular weight is 393 g/mol. The van der Waals surface area contributed by atoms with Crippen molar-refractivity contribution in [3.05, 3.63) is 34.9 Å². The summed E-state index contributed by atoms with van der Waals surface area (Å²) < 4.78 is 0. The lowest BCUT2D eigenvalue weighted by atomic mass is 9.98. The van der Waals surface area contributed by atoms with Gasteiger partial charge < -0.3 is 4.90 Å². The van der Waals surface area contributed by atoms with Gasteiger partial charge in [0.05, 0.1) is 0 Å². The standard InChI is InChI=1S/C21H28N2O3.ClH/c1-2-3-4-5-6-7-9-15-10-8-11-16-17(15)14-23(21(16)26)18-12-13-19(24)22-20(18)25;/h8,10-11,18H,2-7,9,12-14H2,1H3,(H,22,24,25);1H. The van der Waals surface area contributed by atoms with Crippen LogP contribution in [-0.2, 0) is 22.6 Å². The van der Waals surface area contributed by atoms with Crippen molar-refractivity contribution in [3.63, 3.8) is 0 Å². The van der Waals surface area contributed by atoms with Gasteiger partial charge in [0.2, 0.25) is 11.8 Å². The van der Waals surface area contributed by atoms with E-state index >= 15 is 0 Å². The SMILES string of the molecule is CCCCCCCCc1cccc2c1CN(C1CCC(=O)NC1=O)C2=O.Cl. The summed E-state index contributed by atoms with van der Waals surface area (Å²) in [6.07, 6.45) is 9.15. The zero-order valence-corrected chi connectivity index (χ0v) is 16.8. The molecule has 2 aliphatic heterocycles. The van der Waals surface area contributed by atoms with Crippen LogP contribution in [-0.4, -0.2) is 28.7 Å². The predicted molar refractivity (Wildman–Crippen MR) is 107 cm³/mol. The van der Waals surface area contributed by atoms with Crippen LogP contribution >= 0.6 is 12.4 Å². The number of amides is 3. The van der Waals surface area contributed by atoms with E-state index in [9.17, 15) is 14.4 Å². The molecule has 0 aliphatic carbocycles. The molecule has 3 amide bonds. The normalized spacial score (nSPS) is 18.9. The molecule has 1 saturated heterocycles. The lowest BCUT2D eigenvalue weighted by Crippen LogP contribution is -2.52. The topological polar surface area (TPSA) is 66.5 Å². The van der Waals surface area contributed by atoms with Crippen LogP contribution in [0.25, 0.3) is 0 Å². The minimum absolute atomic E-state index is 0. The molecule has 0 radical (unpaired) electrons. The Kier molecular flexibility index (Phi) is 7.84. The van der Waals surface area contributed by atoms with Gasteiger partial charge in [0.25, 0.3) is 5.91 Å². The van der Waals surface area contributed by atoms with E-state index < -0.39 is 6.04 Å². The third-order valence-electron chi connectivity index (χ3n) is 5.48. The molecule has 3 rings (SSSR count). The number of hydrogen-bond donors (Lipinski definition) is 1. The Hall–Kier alpha value is -1.88. The Labute approximate surface area is 167 Å². The maximum absolute atomic E-state index is 12.8. The second kappa shape index (κ2) is 9.88. The number of carbonyl (C=O) groups excluding carboxylic acids is 3. The van der Waals surface area contributed by atoms with Crippen LogP contribution in [0.3, 0.4) is 0 Å². The van der Waals surface area contributed by atoms with Gasteiger partial charge in [-0.25, -0.2) is 0 Å². The van der Waals surface area contributed by atoms with E-state index in [1.54, 1.807) is 4.90 Å². The number of benzene rings is 1. The van der Waals surface area contributed by atoms with E-state index in [0.717, 1.165) is 24.0 Å². The van der Waals surface area contributed by atoms with Crippen LogP contribution in [0.4, 0.5) is 0 Å². The Bertz CT molecular complexity index is 705. The van der Waals surface area contributed by atoms with Gasteiger partial charge in [-0.2, -0.15) is 0 Å². The number of nitrogens with one attached hydrogen (secondary N) is 1. The van der Waals surface area contributed by atoms with Crippen LogP contribution in [0.15, 0.2) is 18.2 Å². The molecule has 148 valence electrons. The maximum atomic E-state index is 12.8. The summed E-state index contributed by atoms with van der Waals surface area (Å²) in [6, 6.07) is 5.37. The van der Waals surface area contributed by atoms with Crippen LogP contribution in [0.5, 0.6) is 0 Å². The first-order chi connectivity index (χ1) is 12.6. The number of nitrogens with zero attached hydrogens (tertiary/aromatic N) is 1. The van der Waals surface area contributed by atoms with E-state index in [-0.39, 0.29) is 30.1 Å². The summed E-state index contributed by atoms with van der Waals surface area (Å²) >= 11 is 0. The number of carbonyl (C=O) groups is 3. The summed E-state index contributed by atoms with van der Waals surface area (Å²) in [5, 5.41) is 2.36. The van der Waals surface area contributed by atoms with E-state index in [4.69, 9.17) is 0 Å². The summed E-state index contributed by atoms with van der Waals surface area (Å²) in [5.41, 5.74) is 3.01. The Morgan fingerprint density at radius 3 is 2.56 bits per heavy atom. The van der Waals surface area contributed by atoms with E-state index in [1.807, 2.05) is 12.1 Å². The first-order valence-corrected chi connectivity index (χ1v) is 9.87. The highest BCUT2D eigenvalue weighted by Gasteiger charge is 2.39. The van der Waals surface area contributed by atoms with Crippen molar-refractivity contribution in [1.82, 2.24) is 10.2 Å². The number of aryl methyl sites for hydroxylation is 1. The molecule has 6 heteroatoms. The van der Waals surface area contributed by atoms with Crippen LogP contribution in [0, 0.1) is 0 Å². The monoisotopic (exact) mass is 392 g/mol. The first kappa shape index (κ1) is 21.4. The van der Waals surface area contributed by atoms with Gasteiger partial charge in [0.15, 0.2) is 0 Å². The molecule has 1 unspecified atom stereocenters. The molecule has 0 saturated carbocycles. The number of unbranched alkanes of at least 4 members (excludes halogenated alkanes) is 5. The van der Waals surface area contributed by atoms with Crippen LogP contribution in [0.1, 0.15) is 79.8 Å². The van der Waals surface area contributed by atoms with Gasteiger partial charge in [-0.1, -0.05) is 51.2 Å². The van der Waals surface area contributed by atoms with Crippen molar-refractivity contribution in [2.45, 2.75) is 77.3 Å². The fraction of sp³-hybridized carbons (Fsp3) is 0.571. The molecule has 27 heavy (non-hydrogen) atoms. The molecule has 1 aromatic rings. The van der Waals surface area contributed by atoms with Gasteiger partial charge in [0, 0.05) is 18.5 Å². The number of imide groups is 1. The zero-order valence-electron chi connectivity index (χ0n) is 16.0. The van der Waals surface area contributed by atoms with Crippen molar-refractivity contribution < 1.29 is 14.4 Å². The van der Waals surface area contributed by atoms with Crippen molar-refractivity contribution in [3.8, 4) is 0 Å². The highest BCUT2D eigenvalue weighted by Crippen LogP contribution is 2.30. The lowest BCUT2D eigenvalue weighted by molar-refractivity contribution is -0.136. The smallest absolute Gasteiger partial charge is 0.255 e. The average Bonchev–Trinajstić information content (AvgIpc) is 2.96. The van der Waals surface area contributed by atoms with Gasteiger partial charge in [-0.3, -0.25) is 19.7 Å². The highest BCUT2D eigenvalue weighted by atomic mass is 35.5. The molecule has 1 fully saturated rings. The van der Waals surface area contributed by atoms with Crippen LogP contribution in [0.2, 0.25) is 0 Å². The third-order valence-corrected chi connectivity index (χ3v) is 5.48. The zero-order chi connectivity index (χ0) is 18.5. The maximum Gasteiger partial charge on any atom is 0.255 e. The molecule has 0 bridgehead atoms. The predicted octanol–water partition coefficient (Wildman–Crippen LogP) is 3.77. The quantitative estimate of drug-likeness (QED) is 0.541. The fourth-order valence-electron chi connectivity index (χ4n) is 3.98. The van der Waals surface area contributed by atoms with Crippen molar-refractivity contribution in [2.75, 3.05) is 0 Å². The second-order valence-corrected chi connectivity index (χ2v) is 7.36. The molecule has 2 aliphatic rings. The Morgan fingerprint density at radius 2 is 1.81 bits per heavy atom.